The Bertz CT molecular complexity index is 27.9. The quantitative estimate of drug-likeness (QED) is 0.403. The van der Waals surface area contributed by atoms with Gasteiger partial charge in [0.05, 0.1) is 0 Å². The van der Waals surface area contributed by atoms with Crippen molar-refractivity contribution in [2.75, 3.05) is 0 Å². The molecule has 0 amide bonds. The molecule has 0 fully saturated rings. The summed E-state index contributed by atoms with van der Waals surface area (Å²) in [7, 11) is 0. The molecule has 0 heterocycles. The maximum absolute atomic E-state index is 7.21. The van der Waals surface area contributed by atoms with Crippen molar-refractivity contribution in [2.24, 2.45) is 0 Å². The minimum atomic E-state index is 0. The van der Waals surface area contributed by atoms with E-state index >= 15 is 0 Å². The van der Waals surface area contributed by atoms with Gasteiger partial charge < -0.3 is 12.8 Å². The van der Waals surface area contributed by atoms with Gasteiger partial charge in [-0.1, -0.05) is 6.58 Å². The molecule has 0 aliphatic heterocycles. The second kappa shape index (κ2) is 22.8. The van der Waals surface area contributed by atoms with Crippen LogP contribution in [0.3, 0.4) is 0 Å². The van der Waals surface area contributed by atoms with Crippen molar-refractivity contribution in [1.29, 1.82) is 0 Å². The van der Waals surface area contributed by atoms with Crippen LogP contribution in [0.25, 0.3) is 5.41 Å². The van der Waals surface area contributed by atoms with E-state index in [4.69, 9.17) is 5.41 Å². The van der Waals surface area contributed by atoms with E-state index in [9.17, 15) is 0 Å². The molecule has 0 aromatic rings. The summed E-state index contributed by atoms with van der Waals surface area (Å²) in [5.41, 5.74) is 0. The average Bonchev–Trinajstić information content (AvgIpc) is 0.918. The van der Waals surface area contributed by atoms with Gasteiger partial charge in [-0.3, -0.25) is 5.87 Å². The molecule has 27 valence electrons. The fraction of sp³-hybridized carbons (Fsp3) is 0. The molecule has 0 N–H and O–H groups in total. The summed E-state index contributed by atoms with van der Waals surface area (Å²) in [6, 6.07) is 0. The number of nitrogens with zero attached hydrogens (tertiary/aromatic N) is 1. The molecule has 0 saturated heterocycles. The van der Waals surface area contributed by atoms with Gasteiger partial charge in [-0.25, -0.2) is 0 Å². The molecular formula is C3H5LaN-2. The summed E-state index contributed by atoms with van der Waals surface area (Å²) in [6.07, 6.45) is 0. The van der Waals surface area contributed by atoms with Crippen LogP contribution in [-0.2, 0) is 0 Å². The topological polar surface area (TPSA) is 22.3 Å². The van der Waals surface area contributed by atoms with E-state index in [0.29, 0.717) is 0 Å². The van der Waals surface area contributed by atoms with E-state index in [-0.39, 0.29) is 43.0 Å². The van der Waals surface area contributed by atoms with Gasteiger partial charge in [0.25, 0.3) is 0 Å². The molecule has 5 heavy (non-hydrogen) atoms. The van der Waals surface area contributed by atoms with Crippen LogP contribution in [0.15, 0.2) is 6.58 Å². The SMILES string of the molecule is C=C=[N-].[CH3-].[La]. The molecule has 0 atom stereocenters. The predicted octanol–water partition coefficient (Wildman–Crippen LogP) is 0.862. The summed E-state index contributed by atoms with van der Waals surface area (Å²) in [6.45, 7) is 2.79. The molecule has 1 nitrogen and oxygen atoms in total. The molecule has 0 unspecified atom stereocenters. The van der Waals surface area contributed by atoms with Gasteiger partial charge in [-0.2, -0.15) is 0 Å². The van der Waals surface area contributed by atoms with Crippen LogP contribution >= 0.6 is 0 Å². The van der Waals surface area contributed by atoms with Crippen molar-refractivity contribution in [3.8, 4) is 0 Å². The van der Waals surface area contributed by atoms with E-state index in [0.717, 1.165) is 0 Å². The number of hydrogen-bond donors (Lipinski definition) is 0. The fourth-order valence-corrected chi connectivity index (χ4v) is 0. The first-order valence-corrected chi connectivity index (χ1v) is 0.577. The van der Waals surface area contributed by atoms with Crippen LogP contribution in [-0.4, -0.2) is 5.87 Å². The third-order valence-corrected chi connectivity index (χ3v) is 0. The predicted molar refractivity (Wildman–Crippen MR) is 20.4 cm³/mol. The van der Waals surface area contributed by atoms with Crippen molar-refractivity contribution in [2.45, 2.75) is 0 Å². The van der Waals surface area contributed by atoms with Crippen molar-refractivity contribution < 1.29 is 35.6 Å². The molecule has 0 aromatic carbocycles. The average molecular weight is 194 g/mol. The Morgan fingerprint density at radius 1 is 1.60 bits per heavy atom. The minimum Gasteiger partial charge on any atom is -0.764 e. The first kappa shape index (κ1) is 17.4. The smallest absolute Gasteiger partial charge is 0 e. The van der Waals surface area contributed by atoms with Gasteiger partial charge >= 0.3 is 0 Å². The van der Waals surface area contributed by atoms with E-state index in [2.05, 4.69) is 6.58 Å². The Morgan fingerprint density at radius 3 is 1.60 bits per heavy atom. The van der Waals surface area contributed by atoms with Gasteiger partial charge in [0.15, 0.2) is 0 Å². The van der Waals surface area contributed by atoms with Crippen molar-refractivity contribution >= 4 is 5.87 Å². The second-order valence-electron chi connectivity index (χ2n) is 0.158. The van der Waals surface area contributed by atoms with E-state index < -0.39 is 0 Å². The zero-order valence-electron chi connectivity index (χ0n) is 3.23. The zero-order valence-corrected chi connectivity index (χ0v) is 6.86. The van der Waals surface area contributed by atoms with Crippen LogP contribution in [0.5, 0.6) is 0 Å². The minimum absolute atomic E-state index is 0. The van der Waals surface area contributed by atoms with Crippen LogP contribution < -0.4 is 0 Å². The molecule has 1 radical (unpaired) electrons. The Balaban J connectivity index is -0.0000000200. The summed E-state index contributed by atoms with van der Waals surface area (Å²) in [4.78, 5) is 0. The molecule has 0 aromatic heterocycles. The largest absolute Gasteiger partial charge is 0.764 e. The zero-order chi connectivity index (χ0) is 2.71. The maximum Gasteiger partial charge on any atom is 0 e. The number of rotatable bonds is 0. The molecule has 0 spiro atoms. The van der Waals surface area contributed by atoms with Crippen LogP contribution in [0, 0.1) is 43.0 Å². The van der Waals surface area contributed by atoms with Crippen molar-refractivity contribution in [3.63, 3.8) is 0 Å². The van der Waals surface area contributed by atoms with Gasteiger partial charge in [0.1, 0.15) is 0 Å². The Labute approximate surface area is 60.6 Å². The van der Waals surface area contributed by atoms with Gasteiger partial charge in [-0.05, 0) is 0 Å². The Kier molecular flexibility index (Phi) is 79.4. The third-order valence-electron chi connectivity index (χ3n) is 0. The van der Waals surface area contributed by atoms with Gasteiger partial charge in [0.2, 0.25) is 0 Å². The third kappa shape index (κ3) is 78.1. The van der Waals surface area contributed by atoms with Gasteiger partial charge in [0, 0.05) is 35.6 Å². The molecular weight excluding hydrogens is 189 g/mol. The summed E-state index contributed by atoms with van der Waals surface area (Å²) in [5, 5.41) is 7.21. The maximum atomic E-state index is 7.21. The molecule has 0 aliphatic carbocycles. The Hall–Kier alpha value is 0.645. The molecule has 0 rings (SSSR count). The number of hydrogen-bond acceptors (Lipinski definition) is 0. The summed E-state index contributed by atoms with van der Waals surface area (Å²) < 4.78 is 0. The molecule has 0 aliphatic rings. The van der Waals surface area contributed by atoms with Gasteiger partial charge in [-0.15, -0.1) is 0 Å². The van der Waals surface area contributed by atoms with Crippen LogP contribution in [0.1, 0.15) is 0 Å². The standard InChI is InChI=1S/C2H2N.CH3.La/c1-2-3;;/h1H2;1H3;/q2*-1;. The molecule has 2 heteroatoms. The monoisotopic (exact) mass is 194 g/mol. The van der Waals surface area contributed by atoms with E-state index in [1.807, 2.05) is 0 Å². The first-order chi connectivity index (χ1) is 1.41. The summed E-state index contributed by atoms with van der Waals surface area (Å²) in [5.74, 6) is 1.50. The second-order valence-corrected chi connectivity index (χ2v) is 0.158. The van der Waals surface area contributed by atoms with E-state index in [1.165, 1.54) is 5.87 Å². The van der Waals surface area contributed by atoms with Crippen molar-refractivity contribution in [1.82, 2.24) is 0 Å². The van der Waals surface area contributed by atoms with Crippen LogP contribution in [0.2, 0.25) is 0 Å². The Morgan fingerprint density at radius 2 is 1.60 bits per heavy atom. The van der Waals surface area contributed by atoms with Crippen molar-refractivity contribution in [3.05, 3.63) is 19.4 Å². The van der Waals surface area contributed by atoms with Crippen LogP contribution in [0.4, 0.5) is 0 Å². The fourth-order valence-electron chi connectivity index (χ4n) is 0. The first-order valence-electron chi connectivity index (χ1n) is 0.577. The summed E-state index contributed by atoms with van der Waals surface area (Å²) >= 11 is 0. The van der Waals surface area contributed by atoms with E-state index in [1.54, 1.807) is 0 Å². The molecule has 0 bridgehead atoms. The normalized spacial score (nSPS) is 1.60. The molecule has 0 saturated carbocycles.